The number of ether oxygens (including phenoxy) is 2. The third kappa shape index (κ3) is 62.8. The Balaban J connectivity index is 3.72. The molecule has 78 heavy (non-hydrogen) atoms. The zero-order valence-corrected chi connectivity index (χ0v) is 49.1. The molecule has 5 nitrogen and oxygen atoms in total. The van der Waals surface area contributed by atoms with Crippen LogP contribution in [0.3, 0.4) is 0 Å². The number of carbonyl (C=O) groups is 2. The fraction of sp³-hybridized carbons (Fsp3) is 0.479. The van der Waals surface area contributed by atoms with E-state index in [1.54, 1.807) is 0 Å². The minimum atomic E-state index is -0.817. The van der Waals surface area contributed by atoms with Gasteiger partial charge in [-0.25, -0.2) is 0 Å². The Labute approximate surface area is 478 Å². The molecule has 1 N–H and O–H groups in total. The van der Waals surface area contributed by atoms with Crippen LogP contribution in [0.5, 0.6) is 0 Å². The Bertz CT molecular complexity index is 1930. The van der Waals surface area contributed by atoms with Crippen molar-refractivity contribution in [2.75, 3.05) is 13.2 Å². The molecule has 0 radical (unpaired) electrons. The molecule has 0 aliphatic carbocycles. The van der Waals surface area contributed by atoms with Gasteiger partial charge in [-0.15, -0.1) is 0 Å². The summed E-state index contributed by atoms with van der Waals surface area (Å²) in [6, 6.07) is 0. The molecule has 0 bridgehead atoms. The van der Waals surface area contributed by atoms with Gasteiger partial charge in [0.05, 0.1) is 6.61 Å². The third-order valence-electron chi connectivity index (χ3n) is 11.8. The summed E-state index contributed by atoms with van der Waals surface area (Å²) < 4.78 is 10.7. The van der Waals surface area contributed by atoms with E-state index in [2.05, 4.69) is 233 Å². The lowest BCUT2D eigenvalue weighted by molar-refractivity contribution is -0.161. The van der Waals surface area contributed by atoms with E-state index in [1.165, 1.54) is 0 Å². The Hall–Kier alpha value is -5.78. The molecular formula is C73H108O5. The van der Waals surface area contributed by atoms with Gasteiger partial charge in [0, 0.05) is 12.8 Å². The van der Waals surface area contributed by atoms with Crippen LogP contribution >= 0.6 is 0 Å². The van der Waals surface area contributed by atoms with Crippen LogP contribution < -0.4 is 0 Å². The monoisotopic (exact) mass is 1060 g/mol. The van der Waals surface area contributed by atoms with E-state index in [0.29, 0.717) is 12.8 Å². The minimum absolute atomic E-state index is 0.108. The predicted octanol–water partition coefficient (Wildman–Crippen LogP) is 21.2. The van der Waals surface area contributed by atoms with Crippen LogP contribution in [0.1, 0.15) is 206 Å². The maximum absolute atomic E-state index is 12.3. The van der Waals surface area contributed by atoms with Gasteiger partial charge >= 0.3 is 11.9 Å². The fourth-order valence-corrected chi connectivity index (χ4v) is 7.30. The molecule has 0 amide bonds. The number of carbonyl (C=O) groups excluding carboxylic acids is 2. The molecule has 0 aliphatic rings. The zero-order chi connectivity index (χ0) is 56.2. The molecule has 1 unspecified atom stereocenters. The first-order valence-electron chi connectivity index (χ1n) is 30.3. The number of esters is 2. The largest absolute Gasteiger partial charge is 0.462 e. The van der Waals surface area contributed by atoms with E-state index >= 15 is 0 Å². The van der Waals surface area contributed by atoms with E-state index < -0.39 is 6.10 Å². The average molecular weight is 1070 g/mol. The molecule has 0 aromatic carbocycles. The van der Waals surface area contributed by atoms with Crippen LogP contribution in [-0.2, 0) is 19.1 Å². The van der Waals surface area contributed by atoms with Gasteiger partial charge in [-0.1, -0.05) is 258 Å². The summed E-state index contributed by atoms with van der Waals surface area (Å²) in [5.74, 6) is -0.672. The van der Waals surface area contributed by atoms with Crippen molar-refractivity contribution in [2.45, 2.75) is 213 Å². The second kappa shape index (κ2) is 65.5. The Morgan fingerprint density at radius 2 is 0.513 bits per heavy atom. The van der Waals surface area contributed by atoms with Crippen LogP contribution in [0.15, 0.2) is 219 Å². The highest BCUT2D eigenvalue weighted by atomic mass is 16.6. The Morgan fingerprint density at radius 3 is 0.782 bits per heavy atom. The smallest absolute Gasteiger partial charge is 0.306 e. The number of aliphatic hydroxyl groups excluding tert-OH is 1. The van der Waals surface area contributed by atoms with Crippen LogP contribution in [0, 0.1) is 0 Å². The molecule has 0 aliphatic heterocycles. The molecule has 0 heterocycles. The summed E-state index contributed by atoms with van der Waals surface area (Å²) in [6.45, 7) is 3.84. The molecule has 0 aromatic heterocycles. The molecule has 430 valence electrons. The number of hydrogen-bond donors (Lipinski definition) is 1. The first-order valence-corrected chi connectivity index (χ1v) is 30.3. The second-order valence-corrected chi connectivity index (χ2v) is 19.0. The van der Waals surface area contributed by atoms with Crippen molar-refractivity contribution in [1.29, 1.82) is 0 Å². The van der Waals surface area contributed by atoms with Gasteiger partial charge in [0.2, 0.25) is 0 Å². The lowest BCUT2D eigenvalue weighted by Crippen LogP contribution is -2.28. The lowest BCUT2D eigenvalue weighted by Gasteiger charge is -2.15. The minimum Gasteiger partial charge on any atom is -0.462 e. The van der Waals surface area contributed by atoms with E-state index in [4.69, 9.17) is 9.47 Å². The average Bonchev–Trinajstić information content (AvgIpc) is 3.44. The van der Waals surface area contributed by atoms with Crippen molar-refractivity contribution in [3.63, 3.8) is 0 Å². The van der Waals surface area contributed by atoms with Crippen LogP contribution in [0.2, 0.25) is 0 Å². The first kappa shape index (κ1) is 72.2. The van der Waals surface area contributed by atoms with Gasteiger partial charge in [-0.05, 0) is 154 Å². The third-order valence-corrected chi connectivity index (χ3v) is 11.8. The number of hydrogen-bond acceptors (Lipinski definition) is 5. The van der Waals surface area contributed by atoms with Gasteiger partial charge in [0.15, 0.2) is 6.10 Å². The maximum Gasteiger partial charge on any atom is 0.306 e. The summed E-state index contributed by atoms with van der Waals surface area (Å²) in [6.07, 6.45) is 108. The molecule has 0 saturated carbocycles. The summed E-state index contributed by atoms with van der Waals surface area (Å²) in [5.41, 5.74) is 0. The van der Waals surface area contributed by atoms with Crippen molar-refractivity contribution in [1.82, 2.24) is 0 Å². The molecule has 0 spiro atoms. The van der Waals surface area contributed by atoms with E-state index in [1.807, 2.05) is 0 Å². The topological polar surface area (TPSA) is 72.8 Å². The summed E-state index contributed by atoms with van der Waals surface area (Å²) in [4.78, 5) is 24.5. The molecule has 0 aromatic rings. The fourth-order valence-electron chi connectivity index (χ4n) is 7.30. The van der Waals surface area contributed by atoms with Gasteiger partial charge in [0.1, 0.15) is 6.61 Å². The Kier molecular flexibility index (Phi) is 60.6. The first-order chi connectivity index (χ1) is 38.6. The predicted molar refractivity (Wildman–Crippen MR) is 342 cm³/mol. The molecule has 0 fully saturated rings. The molecule has 1 atom stereocenters. The highest BCUT2D eigenvalue weighted by molar-refractivity contribution is 5.70. The van der Waals surface area contributed by atoms with Crippen LogP contribution in [0.25, 0.3) is 0 Å². The second-order valence-electron chi connectivity index (χ2n) is 19.0. The van der Waals surface area contributed by atoms with Crippen molar-refractivity contribution >= 4 is 11.9 Å². The van der Waals surface area contributed by atoms with Crippen LogP contribution in [-0.4, -0.2) is 36.4 Å². The molecular weight excluding hydrogens is 957 g/mol. The van der Waals surface area contributed by atoms with Crippen molar-refractivity contribution in [2.24, 2.45) is 0 Å². The highest BCUT2D eigenvalue weighted by Crippen LogP contribution is 2.11. The summed E-state index contributed by atoms with van der Waals surface area (Å²) in [5, 5.41) is 9.66. The highest BCUT2D eigenvalue weighted by Gasteiger charge is 2.16. The lowest BCUT2D eigenvalue weighted by atomic mass is 10.1. The normalized spacial score (nSPS) is 13.8. The number of unbranched alkanes of at least 4 members (excludes halogenated alkanes) is 8. The van der Waals surface area contributed by atoms with Gasteiger partial charge < -0.3 is 14.6 Å². The van der Waals surface area contributed by atoms with Crippen molar-refractivity contribution < 1.29 is 24.2 Å². The number of allylic oxidation sites excluding steroid dienone is 36. The quantitative estimate of drug-likeness (QED) is 0.0373. The maximum atomic E-state index is 12.3. The van der Waals surface area contributed by atoms with E-state index in [-0.39, 0.29) is 25.2 Å². The van der Waals surface area contributed by atoms with Gasteiger partial charge in [-0.3, -0.25) is 9.59 Å². The zero-order valence-electron chi connectivity index (χ0n) is 49.1. The van der Waals surface area contributed by atoms with Gasteiger partial charge in [-0.2, -0.15) is 0 Å². The Morgan fingerprint density at radius 1 is 0.295 bits per heavy atom. The summed E-state index contributed by atoms with van der Waals surface area (Å²) >= 11 is 0. The van der Waals surface area contributed by atoms with E-state index in [9.17, 15) is 14.7 Å². The SMILES string of the molecule is CC/C=C\C/C=C\C/C=C\C/C=C\C/C=C\C/C=C\C/C=C\C/C=C\C/C=C\C/C=C\C/C=C\CCCCCCCC(=O)OC(CO)COC(=O)CCCCC/C=C\C/C=C\C/C=C\C/C=C\C/C=C\C/C=C\C/C=C\CC. The van der Waals surface area contributed by atoms with Crippen molar-refractivity contribution in [3.05, 3.63) is 219 Å². The standard InChI is InChI=1S/C73H108O5/c1-3-5-7-9-11-13-15-17-19-21-23-25-27-29-30-31-32-33-34-35-36-37-38-39-40-41-42-44-46-48-50-52-54-56-58-60-62-64-66-68-73(76)78-71(69-74)70-77-72(75)67-65-63-61-59-57-55-53-51-49-47-45-43-28-26-24-22-20-18-16-14-12-10-8-6-4-2/h5-8,11-14,17-20,23-26,29-30,32-33,35-36,38-39,41-43,45-46,48-49,51-52,54-55,57,71,74H,3-4,9-10,15-16,21-22,27-28,31,34,37,40,44,47,50,53,56,58-70H2,1-2H3/b7-5-,8-6-,13-11-,14-12-,19-17-,20-18-,25-23-,26-24-,30-29-,33-32-,36-35-,39-38-,42-41-,45-43-,48-46-,51-49-,54-52-,57-55-. The molecule has 0 saturated heterocycles. The van der Waals surface area contributed by atoms with Gasteiger partial charge in [0.25, 0.3) is 0 Å². The molecule has 5 heteroatoms. The van der Waals surface area contributed by atoms with Crippen LogP contribution in [0.4, 0.5) is 0 Å². The number of aliphatic hydroxyl groups is 1. The number of rotatable bonds is 52. The molecule has 0 rings (SSSR count). The summed E-state index contributed by atoms with van der Waals surface area (Å²) in [7, 11) is 0. The van der Waals surface area contributed by atoms with E-state index in [0.717, 1.165) is 180 Å². The van der Waals surface area contributed by atoms with Crippen molar-refractivity contribution in [3.8, 4) is 0 Å².